The second-order valence-electron chi connectivity index (χ2n) is 5.37. The first kappa shape index (κ1) is 13.7. The number of halogens is 3. The van der Waals surface area contributed by atoms with Crippen molar-refractivity contribution in [3.05, 3.63) is 18.0 Å². The molecule has 6 nitrogen and oxygen atoms in total. The lowest BCUT2D eigenvalue weighted by Gasteiger charge is -2.38. The Morgan fingerprint density at radius 2 is 1.82 bits per heavy atom. The summed E-state index contributed by atoms with van der Waals surface area (Å²) in [5.41, 5.74) is -0.875. The number of anilines is 1. The Morgan fingerprint density at radius 3 is 2.32 bits per heavy atom. The van der Waals surface area contributed by atoms with Crippen LogP contribution in [-0.2, 0) is 11.0 Å². The number of hydrogen-bond acceptors (Lipinski definition) is 5. The van der Waals surface area contributed by atoms with E-state index >= 15 is 0 Å². The molecule has 1 aromatic rings. The zero-order valence-electron chi connectivity index (χ0n) is 12.8. The molecule has 2 aliphatic rings. The Morgan fingerprint density at radius 1 is 1.23 bits per heavy atom. The molecule has 3 heterocycles. The van der Waals surface area contributed by atoms with Crippen LogP contribution in [0.1, 0.15) is 5.56 Å². The Kier molecular flexibility index (Phi) is 3.57. The number of nitrogens with one attached hydrogen (secondary N) is 1. The number of nitrogens with zero attached hydrogens (tertiary/aromatic N) is 4. The summed E-state index contributed by atoms with van der Waals surface area (Å²) in [7, 11) is 0. The van der Waals surface area contributed by atoms with E-state index in [1.165, 1.54) is 5.31 Å². The lowest BCUT2D eigenvalue weighted by atomic mass is 10.0. The molecule has 0 saturated carbocycles. The highest BCUT2D eigenvalue weighted by Gasteiger charge is 2.33. The van der Waals surface area contributed by atoms with E-state index in [0.717, 1.165) is 12.4 Å². The summed E-state index contributed by atoms with van der Waals surface area (Å²) in [4.78, 5) is 23.2. The van der Waals surface area contributed by atoms with Gasteiger partial charge in [-0.2, -0.15) is 13.2 Å². The maximum absolute atomic E-state index is 12.5. The Balaban J connectivity index is 1.55. The van der Waals surface area contributed by atoms with Gasteiger partial charge in [-0.3, -0.25) is 4.79 Å². The number of alkyl halides is 3. The predicted octanol–water partition coefficient (Wildman–Crippen LogP) is 0.363. The van der Waals surface area contributed by atoms with Crippen LogP contribution in [0.3, 0.4) is 0 Å². The molecule has 1 aromatic heterocycles. The number of carbonyl (C=O) groups is 1. The normalized spacial score (nSPS) is 21.5. The van der Waals surface area contributed by atoms with Crippen LogP contribution < -0.4 is 10.2 Å². The molecule has 0 radical (unpaired) electrons. The minimum absolute atomic E-state index is 0.0430. The van der Waals surface area contributed by atoms with Gasteiger partial charge < -0.3 is 15.1 Å². The molecular weight excluding hydrogens is 299 g/mol. The molecule has 1 amide bonds. The summed E-state index contributed by atoms with van der Waals surface area (Å²) in [6.07, 6.45) is -2.90. The Labute approximate surface area is 126 Å². The Bertz CT molecular complexity index is 568. The molecule has 0 atom stereocenters. The molecule has 22 heavy (non-hydrogen) atoms. The average Bonchev–Trinajstić information content (AvgIpc) is 2.51. The number of aromatic nitrogens is 2. The third-order valence-electron chi connectivity index (χ3n) is 3.89. The highest BCUT2D eigenvalue weighted by Crippen LogP contribution is 2.28. The van der Waals surface area contributed by atoms with Gasteiger partial charge in [0.25, 0.3) is 0 Å². The largest absolute Gasteiger partial charge is 0.419 e. The third kappa shape index (κ3) is 2.99. The molecule has 0 aromatic carbocycles. The van der Waals surface area contributed by atoms with E-state index in [-0.39, 0.29) is 17.8 Å². The third-order valence-corrected chi connectivity index (χ3v) is 3.89. The van der Waals surface area contributed by atoms with Crippen molar-refractivity contribution in [1.29, 1.82) is 0 Å². The van der Waals surface area contributed by atoms with Crippen LogP contribution >= 0.6 is 0 Å². The average molecular weight is 316 g/mol. The monoisotopic (exact) mass is 316 g/mol. The van der Waals surface area contributed by atoms with Crippen LogP contribution in [0, 0.1) is 5.92 Å². The zero-order valence-corrected chi connectivity index (χ0v) is 11.8. The van der Waals surface area contributed by atoms with Crippen LogP contribution in [0.2, 0.25) is 1.41 Å². The molecule has 2 fully saturated rings. The summed E-state index contributed by atoms with van der Waals surface area (Å²) in [6, 6.07) is 0. The predicted molar refractivity (Wildman–Crippen MR) is 72.2 cm³/mol. The first-order valence-corrected chi connectivity index (χ1v) is 7.01. The number of rotatable bonds is 2. The van der Waals surface area contributed by atoms with Crippen molar-refractivity contribution >= 4 is 11.9 Å². The molecule has 9 heteroatoms. The summed E-state index contributed by atoms with van der Waals surface area (Å²) < 4.78 is 44.8. The van der Waals surface area contributed by atoms with Crippen LogP contribution in [0.5, 0.6) is 0 Å². The van der Waals surface area contributed by atoms with Gasteiger partial charge in [0, 0.05) is 51.7 Å². The van der Waals surface area contributed by atoms with Gasteiger partial charge in [-0.1, -0.05) is 0 Å². The number of carbonyl (C=O) groups excluding carboxylic acids is 1. The molecule has 0 aliphatic carbocycles. The molecule has 1 N–H and O–H groups in total. The molecule has 2 saturated heterocycles. The van der Waals surface area contributed by atoms with Gasteiger partial charge in [-0.25, -0.2) is 9.97 Å². The number of hydrogen-bond donors (Lipinski definition) is 1. The summed E-state index contributed by atoms with van der Waals surface area (Å²) >= 11 is 0. The molecule has 3 rings (SSSR count). The van der Waals surface area contributed by atoms with Gasteiger partial charge in [0.15, 0.2) is 0 Å². The van der Waals surface area contributed by atoms with Crippen LogP contribution in [0.15, 0.2) is 12.4 Å². The van der Waals surface area contributed by atoms with Crippen LogP contribution in [0.25, 0.3) is 0 Å². The van der Waals surface area contributed by atoms with Crippen LogP contribution in [-0.4, -0.2) is 60.0 Å². The molecule has 0 bridgehead atoms. The molecule has 2 aliphatic heterocycles. The van der Waals surface area contributed by atoms with Gasteiger partial charge in [0.2, 0.25) is 11.9 Å². The van der Waals surface area contributed by atoms with Gasteiger partial charge in [-0.15, -0.1) is 0 Å². The minimum Gasteiger partial charge on any atom is -0.339 e. The van der Waals surface area contributed by atoms with Gasteiger partial charge >= 0.3 is 6.18 Å². The van der Waals surface area contributed by atoms with Crippen molar-refractivity contribution in [2.75, 3.05) is 44.2 Å². The first-order valence-electron chi connectivity index (χ1n) is 7.46. The number of piperazine rings is 1. The molecule has 120 valence electrons. The maximum Gasteiger partial charge on any atom is 0.419 e. The summed E-state index contributed by atoms with van der Waals surface area (Å²) in [5.74, 6) is 0.175. The van der Waals surface area contributed by atoms with Gasteiger partial charge in [0.05, 0.1) is 11.5 Å². The zero-order chi connectivity index (χ0) is 16.6. The molecule has 0 spiro atoms. The quantitative estimate of drug-likeness (QED) is 0.854. The number of amides is 1. The van der Waals surface area contributed by atoms with E-state index in [1.807, 2.05) is 0 Å². The standard InChI is InChI=1S/C13H16F3N5O/c14-13(15,16)10-7-18-12(19-8-10)21-3-1-20(2-4-21)11(22)9-5-17-6-9/h7-9,17H,1-6H2/i/hD. The first-order chi connectivity index (χ1) is 10.8. The summed E-state index contributed by atoms with van der Waals surface area (Å²) in [5, 5.41) is 1.34. The van der Waals surface area contributed by atoms with Crippen LogP contribution in [0.4, 0.5) is 19.1 Å². The highest BCUT2D eigenvalue weighted by molar-refractivity contribution is 5.80. The van der Waals surface area contributed by atoms with Gasteiger partial charge in [-0.05, 0) is 0 Å². The van der Waals surface area contributed by atoms with Crippen molar-refractivity contribution in [2.24, 2.45) is 5.92 Å². The maximum atomic E-state index is 12.5. The van der Waals surface area contributed by atoms with E-state index in [1.54, 1.807) is 9.80 Å². The highest BCUT2D eigenvalue weighted by atomic mass is 19.4. The van der Waals surface area contributed by atoms with E-state index in [2.05, 4.69) is 9.97 Å². The lowest BCUT2D eigenvalue weighted by Crippen LogP contribution is -2.56. The lowest BCUT2D eigenvalue weighted by molar-refractivity contribution is -0.138. The SMILES string of the molecule is [2H]N1CC(C(=O)N2CCN(c3ncc(C(F)(F)F)cn3)CC2)C1. The minimum atomic E-state index is -4.45. The van der Waals surface area contributed by atoms with E-state index in [4.69, 9.17) is 1.41 Å². The van der Waals surface area contributed by atoms with E-state index in [9.17, 15) is 18.0 Å². The van der Waals surface area contributed by atoms with Crippen molar-refractivity contribution in [3.63, 3.8) is 0 Å². The van der Waals surface area contributed by atoms with E-state index in [0.29, 0.717) is 39.3 Å². The molecular formula is C13H16F3N5O. The fraction of sp³-hybridized carbons (Fsp3) is 0.615. The van der Waals surface area contributed by atoms with Crippen molar-refractivity contribution in [1.82, 2.24) is 20.2 Å². The topological polar surface area (TPSA) is 61.4 Å². The fourth-order valence-corrected chi connectivity index (χ4v) is 2.43. The van der Waals surface area contributed by atoms with Gasteiger partial charge in [0.1, 0.15) is 1.41 Å². The second kappa shape index (κ2) is 5.71. The van der Waals surface area contributed by atoms with Crippen molar-refractivity contribution < 1.29 is 19.4 Å². The fourth-order valence-electron chi connectivity index (χ4n) is 2.43. The van der Waals surface area contributed by atoms with E-state index < -0.39 is 11.7 Å². The smallest absolute Gasteiger partial charge is 0.339 e. The molecule has 0 unspecified atom stereocenters. The van der Waals surface area contributed by atoms with Crippen molar-refractivity contribution in [3.8, 4) is 0 Å². The second-order valence-corrected chi connectivity index (χ2v) is 5.37. The Hall–Kier alpha value is -1.90. The summed E-state index contributed by atoms with van der Waals surface area (Å²) in [6.45, 7) is 2.85. The van der Waals surface area contributed by atoms with Crippen molar-refractivity contribution in [2.45, 2.75) is 6.18 Å².